The summed E-state index contributed by atoms with van der Waals surface area (Å²) in [5, 5.41) is 8.52. The van der Waals surface area contributed by atoms with Crippen molar-refractivity contribution in [1.82, 2.24) is 19.7 Å². The first-order valence-corrected chi connectivity index (χ1v) is 10.7. The monoisotopic (exact) mass is 390 g/mol. The Bertz CT molecular complexity index is 793. The summed E-state index contributed by atoms with van der Waals surface area (Å²) in [5.74, 6) is 0.386. The first-order valence-electron chi connectivity index (χ1n) is 8.52. The van der Waals surface area contributed by atoms with Gasteiger partial charge in [0.25, 0.3) is 0 Å². The number of piperidine rings is 1. The summed E-state index contributed by atoms with van der Waals surface area (Å²) in [7, 11) is 1.85. The maximum atomic E-state index is 13.0. The van der Waals surface area contributed by atoms with Gasteiger partial charge in [-0.1, -0.05) is 30.0 Å². The highest BCUT2D eigenvalue weighted by Gasteiger charge is 2.30. The first-order chi connectivity index (χ1) is 12.6. The van der Waals surface area contributed by atoms with Gasteiger partial charge in [-0.2, -0.15) is 0 Å². The fraction of sp³-hybridized carbons (Fsp3) is 0.444. The number of hydrogen-bond donors (Lipinski definition) is 0. The van der Waals surface area contributed by atoms with Crippen LogP contribution in [0.15, 0.2) is 40.6 Å². The van der Waals surface area contributed by atoms with E-state index in [2.05, 4.69) is 10.2 Å². The van der Waals surface area contributed by atoms with Crippen molar-refractivity contribution in [1.29, 1.82) is 0 Å². The van der Waals surface area contributed by atoms with Gasteiger partial charge in [0.05, 0.1) is 5.75 Å². The molecule has 1 aliphatic heterocycles. The molecule has 1 unspecified atom stereocenters. The lowest BCUT2D eigenvalue weighted by atomic mass is 9.90. The Morgan fingerprint density at radius 2 is 2.12 bits per heavy atom. The topological polar surface area (TPSA) is 68.1 Å². The highest BCUT2D eigenvalue weighted by atomic mass is 32.2. The fourth-order valence-electron chi connectivity index (χ4n) is 3.11. The highest BCUT2D eigenvalue weighted by molar-refractivity contribution is 7.99. The van der Waals surface area contributed by atoms with E-state index in [1.165, 1.54) is 11.8 Å². The van der Waals surface area contributed by atoms with Crippen LogP contribution in [0, 0.1) is 5.92 Å². The van der Waals surface area contributed by atoms with Gasteiger partial charge in [-0.05, 0) is 25.2 Å². The average molecular weight is 391 g/mol. The molecule has 0 aliphatic carbocycles. The summed E-state index contributed by atoms with van der Waals surface area (Å²) < 4.78 is 1.79. The van der Waals surface area contributed by atoms with Crippen LogP contribution in [0.1, 0.15) is 23.2 Å². The average Bonchev–Trinajstić information content (AvgIpc) is 3.10. The number of amides is 1. The molecule has 2 aromatic rings. The number of nitrogens with zero attached hydrogens (tertiary/aromatic N) is 4. The molecule has 2 heterocycles. The van der Waals surface area contributed by atoms with E-state index in [-0.39, 0.29) is 17.6 Å². The third-order valence-electron chi connectivity index (χ3n) is 4.51. The zero-order chi connectivity index (χ0) is 18.5. The Labute approximate surface area is 161 Å². The van der Waals surface area contributed by atoms with Gasteiger partial charge in [-0.15, -0.1) is 22.0 Å². The number of carbonyl (C=O) groups is 2. The van der Waals surface area contributed by atoms with Gasteiger partial charge in [-0.3, -0.25) is 9.59 Å². The molecule has 1 atom stereocenters. The lowest BCUT2D eigenvalue weighted by molar-refractivity contribution is -0.129. The van der Waals surface area contributed by atoms with Gasteiger partial charge in [0, 0.05) is 36.5 Å². The number of hydrogen-bond acceptors (Lipinski definition) is 6. The summed E-state index contributed by atoms with van der Waals surface area (Å²) in [6.07, 6.45) is 5.29. The smallest absolute Gasteiger partial charge is 0.233 e. The number of likely N-dealkylation sites (tertiary alicyclic amines) is 1. The van der Waals surface area contributed by atoms with E-state index < -0.39 is 0 Å². The predicted octanol–water partition coefficient (Wildman–Crippen LogP) is 2.75. The van der Waals surface area contributed by atoms with E-state index >= 15 is 0 Å². The molecule has 1 saturated heterocycles. The maximum absolute atomic E-state index is 13.0. The lowest BCUT2D eigenvalue weighted by Gasteiger charge is -2.32. The van der Waals surface area contributed by atoms with E-state index in [9.17, 15) is 9.59 Å². The number of thioether (sulfide) groups is 2. The summed E-state index contributed by atoms with van der Waals surface area (Å²) in [6.45, 7) is 1.21. The van der Waals surface area contributed by atoms with E-state index in [1.807, 2.05) is 42.5 Å². The van der Waals surface area contributed by atoms with Crippen molar-refractivity contribution < 1.29 is 9.59 Å². The normalized spacial score (nSPS) is 17.3. The van der Waals surface area contributed by atoms with Crippen molar-refractivity contribution >= 4 is 35.2 Å². The molecule has 1 aromatic heterocycles. The van der Waals surface area contributed by atoms with E-state index in [4.69, 9.17) is 0 Å². The van der Waals surface area contributed by atoms with Crippen LogP contribution in [0.3, 0.4) is 0 Å². The zero-order valence-electron chi connectivity index (χ0n) is 14.9. The van der Waals surface area contributed by atoms with Gasteiger partial charge in [0.2, 0.25) is 5.91 Å². The molecule has 0 spiro atoms. The second-order valence-electron chi connectivity index (χ2n) is 6.26. The van der Waals surface area contributed by atoms with Gasteiger partial charge < -0.3 is 9.47 Å². The molecule has 1 amide bonds. The van der Waals surface area contributed by atoms with Crippen LogP contribution in [0.5, 0.6) is 0 Å². The highest BCUT2D eigenvalue weighted by Crippen LogP contribution is 2.27. The van der Waals surface area contributed by atoms with Crippen LogP contribution < -0.4 is 0 Å². The number of carbonyl (C=O) groups excluding carboxylic acids is 2. The quantitative estimate of drug-likeness (QED) is 0.558. The molecule has 0 bridgehead atoms. The Balaban J connectivity index is 1.62. The van der Waals surface area contributed by atoms with Crippen LogP contribution in [0.25, 0.3) is 0 Å². The van der Waals surface area contributed by atoms with Gasteiger partial charge in [0.1, 0.15) is 6.33 Å². The molecular weight excluding hydrogens is 368 g/mol. The second-order valence-corrected chi connectivity index (χ2v) is 8.05. The molecule has 138 valence electrons. The Kier molecular flexibility index (Phi) is 6.37. The summed E-state index contributed by atoms with van der Waals surface area (Å²) in [5.41, 5.74) is 0.771. The Morgan fingerprint density at radius 3 is 2.85 bits per heavy atom. The van der Waals surface area contributed by atoms with Crippen molar-refractivity contribution in [3.05, 3.63) is 36.2 Å². The minimum absolute atomic E-state index is 0.0497. The number of Topliss-reactive ketones (excluding diaryl/α,β-unsaturated/α-hetero) is 1. The number of benzene rings is 1. The van der Waals surface area contributed by atoms with Gasteiger partial charge >= 0.3 is 0 Å². The molecule has 1 aromatic carbocycles. The number of ketones is 1. The zero-order valence-corrected chi connectivity index (χ0v) is 16.6. The molecule has 0 radical (unpaired) electrons. The third-order valence-corrected chi connectivity index (χ3v) is 6.33. The molecule has 0 saturated carbocycles. The number of aryl methyl sites for hydroxylation is 1. The van der Waals surface area contributed by atoms with Crippen LogP contribution in [-0.4, -0.2) is 56.5 Å². The van der Waals surface area contributed by atoms with E-state index in [0.717, 1.165) is 28.5 Å². The molecule has 6 nitrogen and oxygen atoms in total. The SMILES string of the molecule is CSc1ccccc1C(=O)C1CCCN(C(=O)CSc2nncn2C)C1. The predicted molar refractivity (Wildman–Crippen MR) is 104 cm³/mol. The van der Waals surface area contributed by atoms with Gasteiger partial charge in [-0.25, -0.2) is 0 Å². The number of aromatic nitrogens is 3. The maximum Gasteiger partial charge on any atom is 0.233 e. The molecule has 1 fully saturated rings. The van der Waals surface area contributed by atoms with Crippen LogP contribution in [0.4, 0.5) is 0 Å². The van der Waals surface area contributed by atoms with Gasteiger partial charge in [0.15, 0.2) is 10.9 Å². The van der Waals surface area contributed by atoms with Crippen LogP contribution >= 0.6 is 23.5 Å². The summed E-state index contributed by atoms with van der Waals surface area (Å²) >= 11 is 2.96. The summed E-state index contributed by atoms with van der Waals surface area (Å²) in [4.78, 5) is 28.3. The molecule has 0 N–H and O–H groups in total. The molecule has 3 rings (SSSR count). The summed E-state index contributed by atoms with van der Waals surface area (Å²) in [6, 6.07) is 7.71. The van der Waals surface area contributed by atoms with E-state index in [0.29, 0.717) is 18.8 Å². The fourth-order valence-corrected chi connectivity index (χ4v) is 4.50. The molecule has 26 heavy (non-hydrogen) atoms. The molecule has 8 heteroatoms. The lowest BCUT2D eigenvalue weighted by Crippen LogP contribution is -2.43. The van der Waals surface area contributed by atoms with E-state index in [1.54, 1.807) is 22.7 Å². The van der Waals surface area contributed by atoms with Crippen molar-refractivity contribution in [3.63, 3.8) is 0 Å². The van der Waals surface area contributed by atoms with Crippen molar-refractivity contribution in [2.24, 2.45) is 13.0 Å². The third kappa shape index (κ3) is 4.29. The molecule has 1 aliphatic rings. The van der Waals surface area contributed by atoms with Crippen LogP contribution in [0.2, 0.25) is 0 Å². The first kappa shape index (κ1) is 19.0. The standard InChI is InChI=1S/C18H22N4O2S2/c1-21-12-19-20-18(21)26-11-16(23)22-9-5-6-13(10-22)17(24)14-7-3-4-8-15(14)25-2/h3-4,7-8,12-13H,5-6,9-11H2,1-2H3. The molecular formula is C18H22N4O2S2. The second kappa shape index (κ2) is 8.73. The van der Waals surface area contributed by atoms with Crippen LogP contribution in [-0.2, 0) is 11.8 Å². The van der Waals surface area contributed by atoms with Crippen molar-refractivity contribution in [2.75, 3.05) is 25.1 Å². The Hall–Kier alpha value is -1.80. The minimum atomic E-state index is -0.124. The number of rotatable bonds is 6. The van der Waals surface area contributed by atoms with Crippen molar-refractivity contribution in [3.8, 4) is 0 Å². The van der Waals surface area contributed by atoms with Crippen molar-refractivity contribution in [2.45, 2.75) is 22.9 Å². The largest absolute Gasteiger partial charge is 0.341 e. The minimum Gasteiger partial charge on any atom is -0.341 e. The Morgan fingerprint density at radius 1 is 1.31 bits per heavy atom.